The molecule has 0 saturated carbocycles. The molecule has 1 saturated heterocycles. The van der Waals surface area contributed by atoms with E-state index in [1.807, 2.05) is 19.9 Å². The molecular weight excluding hydrogens is 430 g/mol. The van der Waals surface area contributed by atoms with Crippen LogP contribution in [0.3, 0.4) is 0 Å². The van der Waals surface area contributed by atoms with Gasteiger partial charge in [0, 0.05) is 35.4 Å². The predicted molar refractivity (Wildman–Crippen MR) is 145 cm³/mol. The molecule has 0 radical (unpaired) electrons. The summed E-state index contributed by atoms with van der Waals surface area (Å²) >= 11 is 0. The van der Waals surface area contributed by atoms with Gasteiger partial charge in [-0.3, -0.25) is 9.69 Å². The number of nitrogens with zero attached hydrogens (tertiary/aromatic N) is 2. The van der Waals surface area contributed by atoms with Crippen molar-refractivity contribution >= 4 is 22.5 Å². The Labute approximate surface area is 208 Å². The number of fused-ring (bicyclic) bond motifs is 1. The Morgan fingerprint density at radius 2 is 1.71 bits per heavy atom. The zero-order valence-electron chi connectivity index (χ0n) is 21.0. The lowest BCUT2D eigenvalue weighted by molar-refractivity contribution is -0.118. The monoisotopic (exact) mass is 465 g/mol. The lowest BCUT2D eigenvalue weighted by atomic mass is 9.89. The molecule has 0 atom stereocenters. The predicted octanol–water partition coefficient (Wildman–Crippen LogP) is 6.91. The highest BCUT2D eigenvalue weighted by Gasteiger charge is 2.22. The Hall–Kier alpha value is -3.37. The molecule has 0 spiro atoms. The van der Waals surface area contributed by atoms with Gasteiger partial charge in [0.25, 0.3) is 0 Å². The minimum atomic E-state index is -0.0153. The fourth-order valence-electron chi connectivity index (χ4n) is 5.27. The molecule has 1 aliphatic heterocycles. The number of piperidine rings is 1. The van der Waals surface area contributed by atoms with Crippen LogP contribution < -0.4 is 5.32 Å². The van der Waals surface area contributed by atoms with Crippen molar-refractivity contribution in [2.75, 3.05) is 18.4 Å². The fraction of sp³-hybridized carbons (Fsp3) is 0.323. The lowest BCUT2D eigenvalue weighted by Gasteiger charge is -2.32. The first-order chi connectivity index (χ1) is 17.0. The van der Waals surface area contributed by atoms with Crippen LogP contribution in [0, 0.1) is 12.8 Å². The van der Waals surface area contributed by atoms with Crippen molar-refractivity contribution in [2.45, 2.75) is 46.1 Å². The summed E-state index contributed by atoms with van der Waals surface area (Å²) in [6, 6.07) is 25.7. The second-order valence-electron chi connectivity index (χ2n) is 10.2. The summed E-state index contributed by atoms with van der Waals surface area (Å²) in [4.78, 5) is 14.7. The highest BCUT2D eigenvalue weighted by atomic mass is 16.1. The number of aromatic nitrogens is 1. The van der Waals surface area contributed by atoms with E-state index in [-0.39, 0.29) is 11.8 Å². The van der Waals surface area contributed by atoms with Crippen molar-refractivity contribution in [3.05, 3.63) is 95.7 Å². The van der Waals surface area contributed by atoms with Crippen molar-refractivity contribution < 1.29 is 4.79 Å². The van der Waals surface area contributed by atoms with Crippen molar-refractivity contribution in [3.8, 4) is 5.69 Å². The maximum Gasteiger partial charge on any atom is 0.226 e. The van der Waals surface area contributed by atoms with E-state index in [4.69, 9.17) is 0 Å². The topological polar surface area (TPSA) is 37.3 Å². The Kier molecular flexibility index (Phi) is 6.74. The molecule has 4 nitrogen and oxygen atoms in total. The molecule has 0 unspecified atom stereocenters. The average Bonchev–Trinajstić information content (AvgIpc) is 3.25. The molecule has 0 aliphatic carbocycles. The van der Waals surface area contributed by atoms with Gasteiger partial charge in [-0.1, -0.05) is 62.4 Å². The van der Waals surface area contributed by atoms with Crippen LogP contribution in [0.2, 0.25) is 0 Å². The SMILES string of the molecule is Cc1cccc2c(CN3CCC(c4cccc(NC(=O)C(C)C)c4)CC3)cn(-c3ccccc3)c12. The third kappa shape index (κ3) is 5.03. The highest BCUT2D eigenvalue weighted by Crippen LogP contribution is 2.33. The number of rotatable bonds is 6. The van der Waals surface area contributed by atoms with Crippen LogP contribution in [0.15, 0.2) is 79.0 Å². The molecule has 5 rings (SSSR count). The first-order valence-corrected chi connectivity index (χ1v) is 12.8. The molecule has 1 N–H and O–H groups in total. The Bertz CT molecular complexity index is 1310. The first-order valence-electron chi connectivity index (χ1n) is 12.8. The van der Waals surface area contributed by atoms with E-state index in [0.29, 0.717) is 5.92 Å². The average molecular weight is 466 g/mol. The van der Waals surface area contributed by atoms with Crippen molar-refractivity contribution in [3.63, 3.8) is 0 Å². The summed E-state index contributed by atoms with van der Waals surface area (Å²) in [6.07, 6.45) is 4.61. The van der Waals surface area contributed by atoms with Gasteiger partial charge < -0.3 is 9.88 Å². The number of hydrogen-bond acceptors (Lipinski definition) is 2. The Morgan fingerprint density at radius 3 is 2.46 bits per heavy atom. The van der Waals surface area contributed by atoms with E-state index < -0.39 is 0 Å². The molecule has 4 aromatic rings. The summed E-state index contributed by atoms with van der Waals surface area (Å²) in [7, 11) is 0. The van der Waals surface area contributed by atoms with Crippen molar-refractivity contribution in [1.29, 1.82) is 0 Å². The van der Waals surface area contributed by atoms with Gasteiger partial charge in [0.05, 0.1) is 5.52 Å². The summed E-state index contributed by atoms with van der Waals surface area (Å²) in [5.74, 6) is 0.593. The number of amides is 1. The minimum absolute atomic E-state index is 0.0153. The van der Waals surface area contributed by atoms with Gasteiger partial charge in [-0.15, -0.1) is 0 Å². The summed E-state index contributed by atoms with van der Waals surface area (Å²) in [5, 5.41) is 4.40. The molecule has 1 fully saturated rings. The third-order valence-electron chi connectivity index (χ3n) is 7.28. The lowest BCUT2D eigenvalue weighted by Crippen LogP contribution is -2.32. The van der Waals surface area contributed by atoms with Crippen LogP contribution in [0.1, 0.15) is 49.3 Å². The number of carbonyl (C=O) groups excluding carboxylic acids is 1. The second-order valence-corrected chi connectivity index (χ2v) is 10.2. The Morgan fingerprint density at radius 1 is 0.971 bits per heavy atom. The van der Waals surface area contributed by atoms with Crippen molar-refractivity contribution in [2.24, 2.45) is 5.92 Å². The molecule has 0 bridgehead atoms. The molecule has 3 aromatic carbocycles. The molecule has 1 amide bonds. The fourth-order valence-corrected chi connectivity index (χ4v) is 5.27. The molecule has 4 heteroatoms. The number of nitrogens with one attached hydrogen (secondary N) is 1. The smallest absolute Gasteiger partial charge is 0.226 e. The zero-order chi connectivity index (χ0) is 24.4. The van der Waals surface area contributed by atoms with Gasteiger partial charge in [-0.25, -0.2) is 0 Å². The summed E-state index contributed by atoms with van der Waals surface area (Å²) < 4.78 is 2.35. The molecule has 1 aliphatic rings. The maximum atomic E-state index is 12.1. The van der Waals surface area contributed by atoms with Gasteiger partial charge >= 0.3 is 0 Å². The molecule has 180 valence electrons. The van der Waals surface area contributed by atoms with Crippen LogP contribution >= 0.6 is 0 Å². The van der Waals surface area contributed by atoms with Crippen LogP contribution in [0.25, 0.3) is 16.6 Å². The van der Waals surface area contributed by atoms with E-state index in [9.17, 15) is 4.79 Å². The number of carbonyl (C=O) groups is 1. The summed E-state index contributed by atoms with van der Waals surface area (Å²) in [6.45, 7) is 9.18. The maximum absolute atomic E-state index is 12.1. The molecule has 35 heavy (non-hydrogen) atoms. The number of benzene rings is 3. The number of likely N-dealkylation sites (tertiary alicyclic amines) is 1. The number of anilines is 1. The number of para-hydroxylation sites is 2. The largest absolute Gasteiger partial charge is 0.326 e. The molecule has 1 aromatic heterocycles. The van der Waals surface area contributed by atoms with Crippen molar-refractivity contribution in [1.82, 2.24) is 9.47 Å². The van der Waals surface area contributed by atoms with Crippen LogP contribution in [-0.4, -0.2) is 28.5 Å². The third-order valence-corrected chi connectivity index (χ3v) is 7.28. The zero-order valence-corrected chi connectivity index (χ0v) is 21.0. The minimum Gasteiger partial charge on any atom is -0.326 e. The molecular formula is C31H35N3O. The van der Waals surface area contributed by atoms with Gasteiger partial charge in [-0.05, 0) is 79.7 Å². The second kappa shape index (κ2) is 10.1. The Balaban J connectivity index is 1.30. The number of hydrogen-bond donors (Lipinski definition) is 1. The highest BCUT2D eigenvalue weighted by molar-refractivity contribution is 5.92. The van der Waals surface area contributed by atoms with Gasteiger partial charge in [0.1, 0.15) is 0 Å². The quantitative estimate of drug-likeness (QED) is 0.336. The van der Waals surface area contributed by atoms with Crippen LogP contribution in [-0.2, 0) is 11.3 Å². The van der Waals surface area contributed by atoms with E-state index in [1.165, 1.54) is 33.3 Å². The molecule has 2 heterocycles. The van der Waals surface area contributed by atoms with E-state index in [0.717, 1.165) is 38.2 Å². The van der Waals surface area contributed by atoms with Crippen LogP contribution in [0.5, 0.6) is 0 Å². The van der Waals surface area contributed by atoms with E-state index in [2.05, 4.69) is 94.6 Å². The first kappa shape index (κ1) is 23.4. The normalized spacial score (nSPS) is 15.1. The van der Waals surface area contributed by atoms with Gasteiger partial charge in [-0.2, -0.15) is 0 Å². The summed E-state index contributed by atoms with van der Waals surface area (Å²) in [5.41, 5.74) is 7.46. The van der Waals surface area contributed by atoms with E-state index in [1.54, 1.807) is 0 Å². The van der Waals surface area contributed by atoms with E-state index >= 15 is 0 Å². The standard InChI is InChI=1S/C31H35N3O/c1-22(2)31(35)32-27-11-8-10-25(19-27)24-15-17-33(18-16-24)20-26-21-34(28-12-5-4-6-13-28)30-23(3)9-7-14-29(26)30/h4-14,19,21-22,24H,15-18,20H2,1-3H3,(H,32,35). The van der Waals surface area contributed by atoms with Crippen LogP contribution in [0.4, 0.5) is 5.69 Å². The number of aryl methyl sites for hydroxylation is 1. The van der Waals surface area contributed by atoms with Gasteiger partial charge in [0.2, 0.25) is 5.91 Å². The van der Waals surface area contributed by atoms with Gasteiger partial charge in [0.15, 0.2) is 0 Å².